The summed E-state index contributed by atoms with van der Waals surface area (Å²) in [7, 11) is 0. The smallest absolute Gasteiger partial charge is 0.203 e. The Morgan fingerprint density at radius 3 is 2.31 bits per heavy atom. The van der Waals surface area contributed by atoms with Crippen LogP contribution in [0.3, 0.4) is 0 Å². The Bertz CT molecular complexity index is 350. The van der Waals surface area contributed by atoms with Gasteiger partial charge in [0, 0.05) is 5.54 Å². The Hall–Kier alpha value is -1.27. The van der Waals surface area contributed by atoms with E-state index in [0.717, 1.165) is 25.0 Å². The Morgan fingerprint density at radius 2 is 1.88 bits per heavy atom. The molecule has 16 heavy (non-hydrogen) atoms. The highest BCUT2D eigenvalue weighted by Crippen LogP contribution is 2.20. The zero-order valence-corrected chi connectivity index (χ0v) is 10.3. The van der Waals surface area contributed by atoms with E-state index in [1.165, 1.54) is 0 Å². The molecule has 3 nitrogen and oxygen atoms in total. The topological polar surface area (TPSA) is 49.0 Å². The minimum absolute atomic E-state index is 0.194. The lowest BCUT2D eigenvalue weighted by molar-refractivity contribution is 0.277. The van der Waals surface area contributed by atoms with Gasteiger partial charge in [-0.3, -0.25) is 0 Å². The van der Waals surface area contributed by atoms with Gasteiger partial charge in [-0.2, -0.15) is 5.26 Å². The molecular weight excluding hydrogens is 200 g/mol. The van der Waals surface area contributed by atoms with Crippen molar-refractivity contribution in [2.45, 2.75) is 52.1 Å². The molecule has 0 unspecified atom stereocenters. The van der Waals surface area contributed by atoms with Crippen molar-refractivity contribution in [2.24, 2.45) is 0 Å². The second kappa shape index (κ2) is 5.72. The van der Waals surface area contributed by atoms with Crippen LogP contribution in [-0.2, 0) is 6.54 Å². The maximum atomic E-state index is 8.65. The van der Waals surface area contributed by atoms with Gasteiger partial charge in [-0.1, -0.05) is 20.8 Å². The lowest BCUT2D eigenvalue weighted by atomic mass is 9.90. The minimum atomic E-state index is 0.194. The van der Waals surface area contributed by atoms with Gasteiger partial charge in [0.05, 0.1) is 6.54 Å². The van der Waals surface area contributed by atoms with Gasteiger partial charge in [-0.15, -0.1) is 0 Å². The standard InChI is InChI=1S/C13H20N2O/c1-4-13(5-2,6-3)15-10-12-8-7-11(9-14)16-12/h7-8,15H,4-6,10H2,1-3H3. The van der Waals surface area contributed by atoms with Gasteiger partial charge in [-0.05, 0) is 31.4 Å². The highest BCUT2D eigenvalue weighted by molar-refractivity contribution is 5.19. The van der Waals surface area contributed by atoms with E-state index in [2.05, 4.69) is 26.1 Å². The third kappa shape index (κ3) is 2.86. The zero-order chi connectivity index (χ0) is 12.0. The number of hydrogen-bond donors (Lipinski definition) is 1. The summed E-state index contributed by atoms with van der Waals surface area (Å²) in [6.45, 7) is 7.28. The fourth-order valence-electron chi connectivity index (χ4n) is 1.93. The summed E-state index contributed by atoms with van der Waals surface area (Å²) in [6.07, 6.45) is 3.31. The van der Waals surface area contributed by atoms with Gasteiger partial charge >= 0.3 is 0 Å². The fourth-order valence-corrected chi connectivity index (χ4v) is 1.93. The van der Waals surface area contributed by atoms with Crippen LogP contribution in [0.4, 0.5) is 0 Å². The van der Waals surface area contributed by atoms with Crippen molar-refractivity contribution in [1.29, 1.82) is 5.26 Å². The molecule has 0 saturated carbocycles. The summed E-state index contributed by atoms with van der Waals surface area (Å²) in [5, 5.41) is 12.2. The number of nitrogens with zero attached hydrogens (tertiary/aromatic N) is 1. The van der Waals surface area contributed by atoms with Crippen molar-refractivity contribution in [1.82, 2.24) is 5.32 Å². The third-order valence-electron chi connectivity index (χ3n) is 3.44. The molecule has 3 heteroatoms. The number of nitrogens with one attached hydrogen (secondary N) is 1. The van der Waals surface area contributed by atoms with E-state index in [1.807, 2.05) is 12.1 Å². The van der Waals surface area contributed by atoms with E-state index in [0.29, 0.717) is 12.3 Å². The highest BCUT2D eigenvalue weighted by atomic mass is 16.3. The van der Waals surface area contributed by atoms with Crippen LogP contribution in [-0.4, -0.2) is 5.54 Å². The van der Waals surface area contributed by atoms with Crippen molar-refractivity contribution >= 4 is 0 Å². The molecule has 0 fully saturated rings. The van der Waals surface area contributed by atoms with E-state index < -0.39 is 0 Å². The van der Waals surface area contributed by atoms with Crippen molar-refractivity contribution in [3.8, 4) is 6.07 Å². The zero-order valence-electron chi connectivity index (χ0n) is 10.3. The van der Waals surface area contributed by atoms with Crippen LogP contribution >= 0.6 is 0 Å². The van der Waals surface area contributed by atoms with Crippen LogP contribution < -0.4 is 5.32 Å². The molecule has 1 heterocycles. The van der Waals surface area contributed by atoms with Crippen molar-refractivity contribution in [3.63, 3.8) is 0 Å². The van der Waals surface area contributed by atoms with E-state index in [-0.39, 0.29) is 5.54 Å². The SMILES string of the molecule is CCC(CC)(CC)NCc1ccc(C#N)o1. The minimum Gasteiger partial charge on any atom is -0.449 e. The molecule has 0 saturated heterocycles. The average molecular weight is 220 g/mol. The molecule has 0 aromatic carbocycles. The van der Waals surface area contributed by atoms with E-state index >= 15 is 0 Å². The number of nitriles is 1. The molecule has 88 valence electrons. The second-order valence-corrected chi connectivity index (χ2v) is 4.07. The maximum Gasteiger partial charge on any atom is 0.203 e. The molecule has 0 aliphatic carbocycles. The largest absolute Gasteiger partial charge is 0.449 e. The summed E-state index contributed by atoms with van der Waals surface area (Å²) in [6, 6.07) is 5.56. The van der Waals surface area contributed by atoms with Crippen LogP contribution in [0.1, 0.15) is 51.6 Å². The molecule has 0 radical (unpaired) electrons. The van der Waals surface area contributed by atoms with E-state index in [4.69, 9.17) is 9.68 Å². The van der Waals surface area contributed by atoms with Gasteiger partial charge < -0.3 is 9.73 Å². The molecule has 0 bridgehead atoms. The molecule has 0 aliphatic rings. The van der Waals surface area contributed by atoms with Gasteiger partial charge in [0.2, 0.25) is 5.76 Å². The summed E-state index contributed by atoms with van der Waals surface area (Å²) in [4.78, 5) is 0. The van der Waals surface area contributed by atoms with Gasteiger partial charge in [0.1, 0.15) is 11.8 Å². The first-order valence-electron chi connectivity index (χ1n) is 5.93. The van der Waals surface area contributed by atoms with Crippen molar-refractivity contribution < 1.29 is 4.42 Å². The van der Waals surface area contributed by atoms with Crippen molar-refractivity contribution in [3.05, 3.63) is 23.7 Å². The van der Waals surface area contributed by atoms with E-state index in [1.54, 1.807) is 6.07 Å². The van der Waals surface area contributed by atoms with Crippen LogP contribution in [0, 0.1) is 11.3 Å². The Kier molecular flexibility index (Phi) is 4.57. The van der Waals surface area contributed by atoms with Crippen LogP contribution in [0.2, 0.25) is 0 Å². The monoisotopic (exact) mass is 220 g/mol. The first-order valence-corrected chi connectivity index (χ1v) is 5.93. The first-order chi connectivity index (χ1) is 7.69. The molecule has 1 aromatic heterocycles. The molecule has 1 rings (SSSR count). The highest BCUT2D eigenvalue weighted by Gasteiger charge is 2.22. The summed E-state index contributed by atoms with van der Waals surface area (Å²) in [5.41, 5.74) is 0.194. The van der Waals surface area contributed by atoms with Crippen LogP contribution in [0.15, 0.2) is 16.5 Å². The predicted octanol–water partition coefficient (Wildman–Crippen LogP) is 3.21. The maximum absolute atomic E-state index is 8.65. The molecule has 0 amide bonds. The molecular formula is C13H20N2O. The Balaban J connectivity index is 2.59. The molecule has 0 atom stereocenters. The van der Waals surface area contributed by atoms with Crippen LogP contribution in [0.25, 0.3) is 0 Å². The Morgan fingerprint density at radius 1 is 1.25 bits per heavy atom. The molecule has 1 aromatic rings. The van der Waals surface area contributed by atoms with E-state index in [9.17, 15) is 0 Å². The van der Waals surface area contributed by atoms with Gasteiger partial charge in [0.25, 0.3) is 0 Å². The summed E-state index contributed by atoms with van der Waals surface area (Å²) >= 11 is 0. The lowest BCUT2D eigenvalue weighted by Gasteiger charge is -2.31. The number of rotatable bonds is 6. The first kappa shape index (κ1) is 12.8. The van der Waals surface area contributed by atoms with Gasteiger partial charge in [0.15, 0.2) is 0 Å². The molecule has 0 aliphatic heterocycles. The Labute approximate surface area is 97.5 Å². The quantitative estimate of drug-likeness (QED) is 0.800. The predicted molar refractivity (Wildman–Crippen MR) is 63.9 cm³/mol. The normalized spacial score (nSPS) is 11.4. The fraction of sp³-hybridized carbons (Fsp3) is 0.615. The second-order valence-electron chi connectivity index (χ2n) is 4.07. The van der Waals surface area contributed by atoms with Crippen molar-refractivity contribution in [2.75, 3.05) is 0 Å². The number of furan rings is 1. The molecule has 0 spiro atoms. The number of hydrogen-bond acceptors (Lipinski definition) is 3. The average Bonchev–Trinajstić information content (AvgIpc) is 2.80. The van der Waals surface area contributed by atoms with Gasteiger partial charge in [-0.25, -0.2) is 0 Å². The summed E-state index contributed by atoms with van der Waals surface area (Å²) in [5.74, 6) is 1.21. The third-order valence-corrected chi connectivity index (χ3v) is 3.44. The lowest BCUT2D eigenvalue weighted by Crippen LogP contribution is -2.42. The van der Waals surface area contributed by atoms with Crippen LogP contribution in [0.5, 0.6) is 0 Å². The summed E-state index contributed by atoms with van der Waals surface area (Å²) < 4.78 is 5.34. The molecule has 1 N–H and O–H groups in total.